The minimum atomic E-state index is -0.519. The molecular formula is C20H18FIN5O3-. The molecule has 156 valence electrons. The molecule has 2 aliphatic heterocycles. The monoisotopic (exact) mass is 522 g/mol. The number of benzene rings is 1. The Hall–Kier alpha value is -2.86. The number of nitrogens with zero attached hydrogens (tertiary/aromatic N) is 1. The predicted octanol–water partition coefficient (Wildman–Crippen LogP) is -0.476. The second-order valence-electron chi connectivity index (χ2n) is 6.72. The van der Waals surface area contributed by atoms with Crippen LogP contribution in [-0.2, 0) is 6.42 Å². The number of alkyl halides is 1. The van der Waals surface area contributed by atoms with Gasteiger partial charge in [-0.1, -0.05) is 0 Å². The van der Waals surface area contributed by atoms with Gasteiger partial charge in [0.1, 0.15) is 0 Å². The molecule has 10 heteroatoms. The number of ether oxygens (including phenoxy) is 2. The molecule has 8 nitrogen and oxygen atoms in total. The molecule has 3 aromatic rings. The van der Waals surface area contributed by atoms with Crippen LogP contribution in [0.15, 0.2) is 36.7 Å². The first-order valence-corrected chi connectivity index (χ1v) is 11.6. The van der Waals surface area contributed by atoms with Gasteiger partial charge in [-0.25, -0.2) is 0 Å². The van der Waals surface area contributed by atoms with Crippen LogP contribution in [0.5, 0.6) is 11.5 Å². The number of rotatable bonds is 3. The summed E-state index contributed by atoms with van der Waals surface area (Å²) in [6.07, 6.45) is 3.98. The van der Waals surface area contributed by atoms with Gasteiger partial charge in [-0.05, 0) is 0 Å². The molecule has 1 atom stereocenters. The number of carbonyl (C=O) groups is 1. The average Bonchev–Trinajstić information content (AvgIpc) is 3.08. The Morgan fingerprint density at radius 3 is 3.13 bits per heavy atom. The van der Waals surface area contributed by atoms with Gasteiger partial charge in [0.25, 0.3) is 0 Å². The first-order chi connectivity index (χ1) is 14.7. The van der Waals surface area contributed by atoms with E-state index < -0.39 is 27.3 Å². The Bertz CT molecular complexity index is 1140. The topological polar surface area (TPSA) is 100 Å². The average molecular weight is 522 g/mol. The maximum absolute atomic E-state index is 14.3. The standard InChI is InChI=1S/C20H18FIN5O3/c1-29-19-11(21)3-2-4-12(19)25-18-16-13-7-15(27-20(16)28)22-24-9-30-14-8-23-6-5-10(14)17(18)26-13/h2-6,8,15,24-26H,7,9H2,1H3,(H,27,28)/q-1/t15-/m0/s1. The Morgan fingerprint density at radius 1 is 1.37 bits per heavy atom. The molecule has 1 aromatic carbocycles. The summed E-state index contributed by atoms with van der Waals surface area (Å²) in [5, 5.41) is 6.31. The predicted molar refractivity (Wildman–Crippen MR) is 104 cm³/mol. The summed E-state index contributed by atoms with van der Waals surface area (Å²) in [6, 6.07) is 6.44. The summed E-state index contributed by atoms with van der Waals surface area (Å²) in [5.41, 5.74) is 3.76. The fraction of sp³-hybridized carbons (Fsp3) is 0.200. The van der Waals surface area contributed by atoms with Crippen LogP contribution in [0.2, 0.25) is 0 Å². The number of carbonyl (C=O) groups excluding carboxylic acids is 1. The molecular weight excluding hydrogens is 504 g/mol. The van der Waals surface area contributed by atoms with Crippen molar-refractivity contribution in [3.63, 3.8) is 0 Å². The van der Waals surface area contributed by atoms with Gasteiger partial charge in [0.2, 0.25) is 0 Å². The van der Waals surface area contributed by atoms with Crippen LogP contribution >= 0.6 is 0 Å². The molecule has 1 amide bonds. The van der Waals surface area contributed by atoms with E-state index in [0.717, 1.165) is 11.3 Å². The van der Waals surface area contributed by atoms with Gasteiger partial charge in [0.05, 0.1) is 0 Å². The summed E-state index contributed by atoms with van der Waals surface area (Å²) in [7, 11) is 1.41. The van der Waals surface area contributed by atoms with Gasteiger partial charge in [-0.2, -0.15) is 0 Å². The third-order valence-corrected chi connectivity index (χ3v) is 7.21. The van der Waals surface area contributed by atoms with Gasteiger partial charge in [-0.15, -0.1) is 0 Å². The van der Waals surface area contributed by atoms with E-state index in [0.29, 0.717) is 41.5 Å². The van der Waals surface area contributed by atoms with Crippen molar-refractivity contribution in [3.8, 4) is 22.8 Å². The number of fused-ring (bicyclic) bond motifs is 4. The second-order valence-corrected chi connectivity index (χ2v) is 9.61. The molecule has 4 N–H and O–H groups in total. The maximum atomic E-state index is 14.3. The summed E-state index contributed by atoms with van der Waals surface area (Å²) < 4.78 is 28.7. The molecule has 0 fully saturated rings. The zero-order valence-electron chi connectivity index (χ0n) is 15.9. The van der Waals surface area contributed by atoms with Crippen molar-refractivity contribution in [2.24, 2.45) is 0 Å². The molecule has 2 aromatic heterocycles. The first kappa shape index (κ1) is 19.1. The Labute approximate surface area is 182 Å². The fourth-order valence-corrected chi connectivity index (χ4v) is 5.64. The fourth-order valence-electron chi connectivity index (χ4n) is 3.67. The zero-order valence-corrected chi connectivity index (χ0v) is 18.0. The molecule has 5 rings (SSSR count). The van der Waals surface area contributed by atoms with Crippen molar-refractivity contribution in [1.29, 1.82) is 0 Å². The van der Waals surface area contributed by atoms with E-state index in [-0.39, 0.29) is 15.7 Å². The van der Waals surface area contributed by atoms with E-state index in [1.165, 1.54) is 13.2 Å². The number of amides is 1. The number of hydrogen-bond acceptors (Lipinski definition) is 6. The number of aromatic nitrogens is 2. The van der Waals surface area contributed by atoms with Crippen LogP contribution in [0.3, 0.4) is 0 Å². The van der Waals surface area contributed by atoms with Crippen LogP contribution in [0, 0.1) is 5.82 Å². The van der Waals surface area contributed by atoms with E-state index in [2.05, 4.69) is 24.1 Å². The van der Waals surface area contributed by atoms with Crippen molar-refractivity contribution in [2.75, 3.05) is 19.2 Å². The molecule has 0 spiro atoms. The molecule has 4 heterocycles. The molecule has 30 heavy (non-hydrogen) atoms. The van der Waals surface area contributed by atoms with Gasteiger partial charge in [0.15, 0.2) is 0 Å². The molecule has 0 radical (unpaired) electrons. The van der Waals surface area contributed by atoms with Gasteiger partial charge in [0, 0.05) is 0 Å². The van der Waals surface area contributed by atoms with E-state index in [1.807, 2.05) is 6.07 Å². The normalized spacial score (nSPS) is 17.7. The summed E-state index contributed by atoms with van der Waals surface area (Å²) in [5.74, 6) is 0.00766. The number of methoxy groups -OCH3 is 1. The molecule has 2 aliphatic rings. The Kier molecular flexibility index (Phi) is 4.95. The van der Waals surface area contributed by atoms with E-state index in [4.69, 9.17) is 9.47 Å². The molecule has 0 saturated heterocycles. The van der Waals surface area contributed by atoms with Gasteiger partial charge < -0.3 is 0 Å². The van der Waals surface area contributed by atoms with E-state index in [1.54, 1.807) is 24.5 Å². The van der Waals surface area contributed by atoms with Crippen molar-refractivity contribution in [2.45, 2.75) is 10.5 Å². The van der Waals surface area contributed by atoms with E-state index in [9.17, 15) is 9.18 Å². The van der Waals surface area contributed by atoms with Crippen LogP contribution in [0.25, 0.3) is 11.3 Å². The van der Waals surface area contributed by atoms with Crippen molar-refractivity contribution in [1.82, 2.24) is 18.8 Å². The molecule has 3 bridgehead atoms. The molecule has 0 saturated carbocycles. The minimum absolute atomic E-state index is 0.0368. The second kappa shape index (κ2) is 7.76. The zero-order chi connectivity index (χ0) is 20.7. The van der Waals surface area contributed by atoms with Crippen LogP contribution in [0.1, 0.15) is 16.1 Å². The number of hydrogen-bond donors (Lipinski definition) is 4. The quantitative estimate of drug-likeness (QED) is 0.161. The summed E-state index contributed by atoms with van der Waals surface area (Å²) in [4.78, 5) is 20.6. The van der Waals surface area contributed by atoms with Crippen LogP contribution in [-0.4, -0.2) is 33.8 Å². The molecule has 0 aliphatic carbocycles. The number of nitrogens with one attached hydrogen (secondary N) is 4. The number of H-pyrrole nitrogens is 1. The number of pyridine rings is 1. The van der Waals surface area contributed by atoms with Gasteiger partial charge in [-0.3, -0.25) is 0 Å². The Morgan fingerprint density at radius 2 is 2.27 bits per heavy atom. The van der Waals surface area contributed by atoms with Crippen molar-refractivity contribution in [3.05, 3.63) is 53.7 Å². The van der Waals surface area contributed by atoms with Crippen molar-refractivity contribution >= 4 is 17.3 Å². The summed E-state index contributed by atoms with van der Waals surface area (Å²) in [6.45, 7) is 0.331. The van der Waals surface area contributed by atoms with E-state index >= 15 is 0 Å². The number of para-hydroxylation sites is 1. The summed E-state index contributed by atoms with van der Waals surface area (Å²) >= 11 is -0.519. The Balaban J connectivity index is 1.72. The third-order valence-electron chi connectivity index (χ3n) is 4.95. The number of aromatic amines is 1. The molecule has 0 unspecified atom stereocenters. The number of halogens is 2. The third kappa shape index (κ3) is 3.25. The SMILES string of the molecule is COc1c(F)cccc1Nc1c2[nH]c3c1C(=O)N[C@@H](C3)[I-]NCOc1cnccc1-2. The first-order valence-electron chi connectivity index (χ1n) is 9.23. The van der Waals surface area contributed by atoms with Crippen LogP contribution < -0.4 is 45.1 Å². The number of anilines is 2. The van der Waals surface area contributed by atoms with Crippen molar-refractivity contribution < 1.29 is 40.1 Å². The van der Waals surface area contributed by atoms with Crippen LogP contribution in [0.4, 0.5) is 15.8 Å². The van der Waals surface area contributed by atoms with Gasteiger partial charge >= 0.3 is 182 Å².